The third kappa shape index (κ3) is 3.76. The molecule has 0 spiro atoms. The number of aromatic nitrogens is 1. The Hall–Kier alpha value is -1.56. The third-order valence-corrected chi connectivity index (χ3v) is 7.76. The Labute approximate surface area is 190 Å². The van der Waals surface area contributed by atoms with Crippen LogP contribution in [0.4, 0.5) is 16.5 Å². The fourth-order valence-electron chi connectivity index (χ4n) is 4.28. The predicted octanol–water partition coefficient (Wildman–Crippen LogP) is 6.99. The zero-order valence-corrected chi connectivity index (χ0v) is 19.4. The summed E-state index contributed by atoms with van der Waals surface area (Å²) in [5.74, 6) is 0. The van der Waals surface area contributed by atoms with E-state index in [9.17, 15) is 0 Å². The molecule has 30 heavy (non-hydrogen) atoms. The highest BCUT2D eigenvalue weighted by Gasteiger charge is 2.32. The highest BCUT2D eigenvalue weighted by atomic mass is 79.9. The SMILES string of the molecule is CC1CCc2c(SOOO)c(N=Nc3nc4ccc(Br)cc4s3)cc3c2N1CCC3. The van der Waals surface area contributed by atoms with Crippen molar-refractivity contribution in [2.24, 2.45) is 10.2 Å². The van der Waals surface area contributed by atoms with E-state index in [2.05, 4.69) is 54.1 Å². The lowest BCUT2D eigenvalue weighted by atomic mass is 9.88. The van der Waals surface area contributed by atoms with Crippen molar-refractivity contribution in [3.05, 3.63) is 39.9 Å². The molecule has 2 aromatic carbocycles. The summed E-state index contributed by atoms with van der Waals surface area (Å²) in [4.78, 5) is 7.86. The molecule has 2 aliphatic rings. The van der Waals surface area contributed by atoms with Crippen LogP contribution in [-0.2, 0) is 22.2 Å². The second-order valence-electron chi connectivity index (χ2n) is 7.43. The van der Waals surface area contributed by atoms with Gasteiger partial charge in [0.25, 0.3) is 0 Å². The number of anilines is 1. The number of hydrogen-bond acceptors (Lipinski definition) is 9. The second-order valence-corrected chi connectivity index (χ2v) is 10.1. The van der Waals surface area contributed by atoms with Crippen LogP contribution in [0.1, 0.15) is 30.9 Å². The number of aryl methyl sites for hydroxylation is 1. The van der Waals surface area contributed by atoms with E-state index < -0.39 is 0 Å². The first-order valence-corrected chi connectivity index (χ1v) is 12.1. The van der Waals surface area contributed by atoms with Crippen molar-refractivity contribution in [3.63, 3.8) is 0 Å². The van der Waals surface area contributed by atoms with Gasteiger partial charge >= 0.3 is 0 Å². The topological polar surface area (TPSA) is 79.5 Å². The van der Waals surface area contributed by atoms with Crippen LogP contribution < -0.4 is 4.90 Å². The van der Waals surface area contributed by atoms with E-state index in [0.717, 1.165) is 63.9 Å². The van der Waals surface area contributed by atoms with Crippen molar-refractivity contribution in [2.45, 2.75) is 43.5 Å². The van der Waals surface area contributed by atoms with E-state index in [4.69, 9.17) is 9.59 Å². The summed E-state index contributed by atoms with van der Waals surface area (Å²) in [5, 5.41) is 22.2. The number of azo groups is 1. The smallest absolute Gasteiger partial charge is 0.231 e. The lowest BCUT2D eigenvalue weighted by molar-refractivity contribution is -0.432. The molecule has 1 unspecified atom stereocenters. The first-order chi connectivity index (χ1) is 14.6. The minimum absolute atomic E-state index is 0.513. The summed E-state index contributed by atoms with van der Waals surface area (Å²) in [5.41, 5.74) is 5.37. The largest absolute Gasteiger partial charge is 0.368 e. The number of fused-ring (bicyclic) bond motifs is 1. The fourth-order valence-corrected chi connectivity index (χ4v) is 6.20. The van der Waals surface area contributed by atoms with E-state index in [1.165, 1.54) is 28.2 Å². The van der Waals surface area contributed by atoms with Crippen LogP contribution in [0.25, 0.3) is 10.2 Å². The van der Waals surface area contributed by atoms with Gasteiger partial charge in [0.15, 0.2) is 0 Å². The Morgan fingerprint density at radius 1 is 1.30 bits per heavy atom. The molecule has 2 aliphatic heterocycles. The molecule has 1 aromatic heterocycles. The predicted molar refractivity (Wildman–Crippen MR) is 122 cm³/mol. The summed E-state index contributed by atoms with van der Waals surface area (Å²) < 4.78 is 6.89. The summed E-state index contributed by atoms with van der Waals surface area (Å²) in [6, 6.07) is 8.54. The van der Waals surface area contributed by atoms with E-state index in [0.29, 0.717) is 16.9 Å². The minimum Gasteiger partial charge on any atom is -0.368 e. The lowest BCUT2D eigenvalue weighted by Gasteiger charge is -2.42. The molecule has 156 valence electrons. The molecule has 3 aromatic rings. The number of nitrogens with zero attached hydrogens (tertiary/aromatic N) is 4. The average molecular weight is 507 g/mol. The van der Waals surface area contributed by atoms with Gasteiger partial charge in [-0.25, -0.2) is 10.2 Å². The van der Waals surface area contributed by atoms with Gasteiger partial charge < -0.3 is 4.90 Å². The van der Waals surface area contributed by atoms with Crippen molar-refractivity contribution < 1.29 is 14.6 Å². The maximum absolute atomic E-state index is 8.72. The molecule has 0 aliphatic carbocycles. The number of hydrogen-bond donors (Lipinski definition) is 1. The van der Waals surface area contributed by atoms with Gasteiger partial charge in [0.05, 0.1) is 27.2 Å². The van der Waals surface area contributed by atoms with Gasteiger partial charge in [-0.2, -0.15) is 0 Å². The van der Waals surface area contributed by atoms with Gasteiger partial charge in [0.1, 0.15) is 5.69 Å². The standard InChI is InChI=1S/C20H19BrN4O3S2/c1-11-4-6-14-18-12(3-2-8-25(11)18)9-16(19(14)30-28-27-26)23-24-20-22-15-7-5-13(21)10-17(15)29-20/h5,7,9-11,26H,2-4,6,8H2,1H3. The van der Waals surface area contributed by atoms with Gasteiger partial charge in [-0.1, -0.05) is 32.3 Å². The summed E-state index contributed by atoms with van der Waals surface area (Å²) in [7, 11) is 0. The molecule has 0 bridgehead atoms. The average Bonchev–Trinajstić information content (AvgIpc) is 3.15. The van der Waals surface area contributed by atoms with E-state index in [1.807, 2.05) is 18.2 Å². The molecule has 1 N–H and O–H groups in total. The molecule has 0 amide bonds. The molecule has 5 rings (SSSR count). The molecule has 7 nitrogen and oxygen atoms in total. The maximum Gasteiger partial charge on any atom is 0.231 e. The quantitative estimate of drug-likeness (QED) is 0.174. The van der Waals surface area contributed by atoms with Crippen LogP contribution in [0, 0.1) is 0 Å². The molecular formula is C20H19BrN4O3S2. The number of rotatable bonds is 5. The lowest BCUT2D eigenvalue weighted by Crippen LogP contribution is -2.41. The Morgan fingerprint density at radius 2 is 2.20 bits per heavy atom. The van der Waals surface area contributed by atoms with Crippen molar-refractivity contribution in [3.8, 4) is 0 Å². The zero-order chi connectivity index (χ0) is 20.7. The van der Waals surface area contributed by atoms with Crippen LogP contribution in [0.2, 0.25) is 0 Å². The fraction of sp³-hybridized carbons (Fsp3) is 0.350. The van der Waals surface area contributed by atoms with E-state index >= 15 is 0 Å². The molecule has 3 heterocycles. The number of halogens is 1. The van der Waals surface area contributed by atoms with Crippen LogP contribution >= 0.6 is 39.3 Å². The van der Waals surface area contributed by atoms with Gasteiger partial charge in [-0.15, -0.1) is 14.6 Å². The molecule has 0 saturated carbocycles. The summed E-state index contributed by atoms with van der Waals surface area (Å²) >= 11 is 5.96. The monoisotopic (exact) mass is 506 g/mol. The Bertz CT molecular complexity index is 1140. The molecule has 10 heteroatoms. The van der Waals surface area contributed by atoms with Gasteiger partial charge in [-0.3, -0.25) is 0 Å². The molecule has 0 radical (unpaired) electrons. The van der Waals surface area contributed by atoms with Crippen LogP contribution in [0.15, 0.2) is 43.9 Å². The molecular weight excluding hydrogens is 488 g/mol. The Balaban J connectivity index is 1.57. The van der Waals surface area contributed by atoms with Crippen molar-refractivity contribution >= 4 is 66.0 Å². The maximum atomic E-state index is 8.72. The molecule has 0 fully saturated rings. The summed E-state index contributed by atoms with van der Waals surface area (Å²) in [6.45, 7) is 3.34. The third-order valence-electron chi connectivity index (χ3n) is 5.61. The molecule has 1 atom stereocenters. The van der Waals surface area contributed by atoms with E-state index in [-0.39, 0.29) is 0 Å². The van der Waals surface area contributed by atoms with Crippen LogP contribution in [0.3, 0.4) is 0 Å². The first-order valence-electron chi connectivity index (χ1n) is 9.72. The minimum atomic E-state index is 0.513. The Kier molecular flexibility index (Phi) is 5.78. The normalized spacial score (nSPS) is 18.4. The van der Waals surface area contributed by atoms with Gasteiger partial charge in [0, 0.05) is 22.7 Å². The highest BCUT2D eigenvalue weighted by Crippen LogP contribution is 2.47. The van der Waals surface area contributed by atoms with Gasteiger partial charge in [-0.05, 0) is 68.0 Å². The summed E-state index contributed by atoms with van der Waals surface area (Å²) in [6.07, 6.45) is 4.14. The molecule has 0 saturated heterocycles. The number of thiazole rings is 1. The van der Waals surface area contributed by atoms with E-state index in [1.54, 1.807) is 0 Å². The van der Waals surface area contributed by atoms with Crippen LogP contribution in [0.5, 0.6) is 0 Å². The van der Waals surface area contributed by atoms with Crippen molar-refractivity contribution in [1.82, 2.24) is 4.98 Å². The first kappa shape index (κ1) is 20.3. The second kappa shape index (κ2) is 8.52. The van der Waals surface area contributed by atoms with Crippen molar-refractivity contribution in [2.75, 3.05) is 11.4 Å². The Morgan fingerprint density at radius 3 is 3.07 bits per heavy atom. The number of benzene rings is 2. The van der Waals surface area contributed by atoms with Gasteiger partial charge in [0.2, 0.25) is 5.13 Å². The van der Waals surface area contributed by atoms with Crippen LogP contribution in [-0.4, -0.2) is 22.8 Å². The van der Waals surface area contributed by atoms with Crippen molar-refractivity contribution in [1.29, 1.82) is 0 Å². The highest BCUT2D eigenvalue weighted by molar-refractivity contribution is 9.10. The zero-order valence-electron chi connectivity index (χ0n) is 16.2.